The van der Waals surface area contributed by atoms with Crippen LogP contribution in [0, 0.1) is 50.2 Å². The number of rotatable bonds is 5. The molecule has 1 spiro atoms. The van der Waals surface area contributed by atoms with Crippen LogP contribution in [0.15, 0.2) is 12.2 Å². The first-order valence-corrected chi connectivity index (χ1v) is 20.8. The van der Waals surface area contributed by atoms with Gasteiger partial charge in [-0.1, -0.05) is 60.6 Å². The highest BCUT2D eigenvalue weighted by Gasteiger charge is 2.79. The Bertz CT molecular complexity index is 1470. The third kappa shape index (κ3) is 5.24. The first kappa shape index (κ1) is 40.1. The first-order valence-electron chi connectivity index (χ1n) is 20.8. The molecular formula is C42H68O12. The predicted molar refractivity (Wildman–Crippen MR) is 195 cm³/mol. The highest BCUT2D eigenvalue weighted by molar-refractivity contribution is 5.36. The minimum absolute atomic E-state index is 0.0839. The summed E-state index contributed by atoms with van der Waals surface area (Å²) in [7, 11) is 0. The summed E-state index contributed by atoms with van der Waals surface area (Å²) in [4.78, 5) is 0. The largest absolute Gasteiger partial charge is 0.394 e. The maximum absolute atomic E-state index is 12.1. The minimum Gasteiger partial charge on any atom is -0.394 e. The number of ether oxygens (including phenoxy) is 5. The Hall–Kier alpha value is -0.740. The maximum Gasteiger partial charge on any atom is 0.187 e. The molecule has 4 saturated carbocycles. The van der Waals surface area contributed by atoms with Crippen LogP contribution in [0.5, 0.6) is 0 Å². The summed E-state index contributed by atoms with van der Waals surface area (Å²) in [6.07, 6.45) is -2.00. The summed E-state index contributed by atoms with van der Waals surface area (Å²) in [5.74, 6) is 0.787. The highest BCUT2D eigenvalue weighted by atomic mass is 16.7. The number of aliphatic hydroxyl groups excluding tert-OH is 7. The first-order chi connectivity index (χ1) is 25.1. The zero-order valence-corrected chi connectivity index (χ0v) is 33.6. The van der Waals surface area contributed by atoms with Crippen molar-refractivity contribution in [3.63, 3.8) is 0 Å². The predicted octanol–water partition coefficient (Wildman–Crippen LogP) is 2.80. The lowest BCUT2D eigenvalue weighted by atomic mass is 9.32. The molecule has 3 heterocycles. The lowest BCUT2D eigenvalue weighted by Gasteiger charge is -2.73. The van der Waals surface area contributed by atoms with E-state index in [4.69, 9.17) is 23.7 Å². The molecule has 8 rings (SSSR count). The van der Waals surface area contributed by atoms with Gasteiger partial charge in [0.1, 0.15) is 42.7 Å². The van der Waals surface area contributed by atoms with Crippen LogP contribution in [0.25, 0.3) is 0 Å². The van der Waals surface area contributed by atoms with Crippen molar-refractivity contribution in [1.29, 1.82) is 0 Å². The van der Waals surface area contributed by atoms with Crippen molar-refractivity contribution < 1.29 is 59.4 Å². The third-order valence-corrected chi connectivity index (χ3v) is 17.8. The van der Waals surface area contributed by atoms with E-state index < -0.39 is 79.7 Å². The van der Waals surface area contributed by atoms with Crippen LogP contribution in [0.2, 0.25) is 0 Å². The molecular weight excluding hydrogens is 696 g/mol. The van der Waals surface area contributed by atoms with Crippen molar-refractivity contribution in [2.24, 2.45) is 50.2 Å². The topological polar surface area (TPSA) is 188 Å². The lowest BCUT2D eigenvalue weighted by Crippen LogP contribution is -2.72. The number of aliphatic hydroxyl groups is 7. The van der Waals surface area contributed by atoms with Gasteiger partial charge in [-0.15, -0.1) is 0 Å². The lowest BCUT2D eigenvalue weighted by molar-refractivity contribution is -0.367. The molecule has 308 valence electrons. The van der Waals surface area contributed by atoms with Crippen molar-refractivity contribution in [3.8, 4) is 0 Å². The highest BCUT2D eigenvalue weighted by Crippen LogP contribution is 2.79. The fraction of sp³-hybridized carbons (Fsp3) is 0.952. The maximum atomic E-state index is 12.1. The van der Waals surface area contributed by atoms with Crippen LogP contribution in [0.1, 0.15) is 107 Å². The molecule has 12 heteroatoms. The summed E-state index contributed by atoms with van der Waals surface area (Å²) in [6.45, 7) is 18.2. The molecule has 12 nitrogen and oxygen atoms in total. The Morgan fingerprint density at radius 2 is 1.43 bits per heavy atom. The Labute approximate surface area is 320 Å². The van der Waals surface area contributed by atoms with Crippen LogP contribution < -0.4 is 0 Å². The number of fused-ring (bicyclic) bond motifs is 4. The second-order valence-corrected chi connectivity index (χ2v) is 21.1. The summed E-state index contributed by atoms with van der Waals surface area (Å²) in [5, 5.41) is 76.1. The number of hydrogen-bond donors (Lipinski definition) is 7. The van der Waals surface area contributed by atoms with Gasteiger partial charge in [0.25, 0.3) is 0 Å². The molecule has 20 atom stereocenters. The average molecular weight is 765 g/mol. The van der Waals surface area contributed by atoms with Crippen molar-refractivity contribution in [2.75, 3.05) is 13.2 Å². The Morgan fingerprint density at radius 1 is 0.722 bits per heavy atom. The molecule has 7 fully saturated rings. The van der Waals surface area contributed by atoms with Gasteiger partial charge in [-0.2, -0.15) is 0 Å². The number of allylic oxidation sites excluding steroid dienone is 1. The fourth-order valence-electron chi connectivity index (χ4n) is 14.3. The standard InChI is InChI=1S/C42H68O12/c1-21-28(45)30(47)31(48)34(51-21)54-33-29(46)22(19-43)52-35(32(33)49)53-27-11-12-38(6)23(37(27,4)5)9-13-39(7)24(38)10-14-42-25-17-36(2,3)15-16-41(25,20-50-42)26(44)18-40(39,42)8/h10,14,21-35,43-49H,9,11-13,15-20H2,1-8H3/t21-,22-,23?,24?,25+,26-,27-,28-,29+,30+,31-,32-,33+,34+,35+,38+,39-,40+,41-,42?/m1/s1. The third-order valence-electron chi connectivity index (χ3n) is 17.8. The monoisotopic (exact) mass is 764 g/mol. The zero-order chi connectivity index (χ0) is 39.2. The Kier molecular flexibility index (Phi) is 9.55. The normalized spacial score (nSPS) is 58.8. The van der Waals surface area contributed by atoms with Gasteiger partial charge in [-0.25, -0.2) is 0 Å². The molecule has 0 aromatic rings. The van der Waals surface area contributed by atoms with Gasteiger partial charge < -0.3 is 59.4 Å². The van der Waals surface area contributed by atoms with Gasteiger partial charge in [0, 0.05) is 16.7 Å². The van der Waals surface area contributed by atoms with E-state index in [1.54, 1.807) is 0 Å². The van der Waals surface area contributed by atoms with E-state index in [-0.39, 0.29) is 56.3 Å². The molecule has 0 aromatic carbocycles. The molecule has 0 aromatic heterocycles. The quantitative estimate of drug-likeness (QED) is 0.161. The molecule has 8 aliphatic rings. The van der Waals surface area contributed by atoms with E-state index in [9.17, 15) is 35.7 Å². The molecule has 3 unspecified atom stereocenters. The molecule has 7 N–H and O–H groups in total. The van der Waals surface area contributed by atoms with Crippen LogP contribution in [0.4, 0.5) is 0 Å². The van der Waals surface area contributed by atoms with Crippen LogP contribution >= 0.6 is 0 Å². The van der Waals surface area contributed by atoms with Gasteiger partial charge in [-0.3, -0.25) is 0 Å². The van der Waals surface area contributed by atoms with Gasteiger partial charge in [-0.05, 0) is 91.8 Å². The van der Waals surface area contributed by atoms with E-state index in [0.29, 0.717) is 13.0 Å². The van der Waals surface area contributed by atoms with Gasteiger partial charge in [0.2, 0.25) is 0 Å². The minimum atomic E-state index is -1.64. The Morgan fingerprint density at radius 3 is 2.13 bits per heavy atom. The summed E-state index contributed by atoms with van der Waals surface area (Å²) in [5.41, 5.74) is -1.17. The van der Waals surface area contributed by atoms with Crippen LogP contribution in [-0.4, -0.2) is 128 Å². The second-order valence-electron chi connectivity index (χ2n) is 21.1. The number of hydrogen-bond acceptors (Lipinski definition) is 12. The van der Waals surface area contributed by atoms with Gasteiger partial charge in [0.05, 0.1) is 37.1 Å². The van der Waals surface area contributed by atoms with Crippen molar-refractivity contribution in [3.05, 3.63) is 12.2 Å². The van der Waals surface area contributed by atoms with E-state index in [1.807, 2.05) is 0 Å². The van der Waals surface area contributed by atoms with Gasteiger partial charge >= 0.3 is 0 Å². The molecule has 3 aliphatic heterocycles. The zero-order valence-electron chi connectivity index (χ0n) is 33.6. The van der Waals surface area contributed by atoms with Crippen molar-refractivity contribution in [1.82, 2.24) is 0 Å². The Balaban J connectivity index is 1.04. The van der Waals surface area contributed by atoms with Crippen LogP contribution in [-0.2, 0) is 23.7 Å². The van der Waals surface area contributed by atoms with E-state index in [2.05, 4.69) is 60.6 Å². The van der Waals surface area contributed by atoms with Crippen molar-refractivity contribution >= 4 is 0 Å². The van der Waals surface area contributed by atoms with E-state index in [1.165, 1.54) is 6.92 Å². The van der Waals surface area contributed by atoms with Crippen molar-refractivity contribution in [2.45, 2.75) is 186 Å². The summed E-state index contributed by atoms with van der Waals surface area (Å²) >= 11 is 0. The molecule has 3 saturated heterocycles. The van der Waals surface area contributed by atoms with E-state index in [0.717, 1.165) is 44.9 Å². The SMILES string of the molecule is C[C@H]1O[C@@H](O[C@H]2[C@@H](O)[C@@H](CO)O[C@@H](O[C@@H]3CC[C@@]4(C)C(CC[C@]5(C)C4C=CC46OC[C@@]7(CCC(C)(C)C[C@H]47)[C@H](O)C[C@]65C)C3(C)C)[C@@H]2O)[C@H](O)[C@@H](O)[C@@H]1O. The van der Waals surface area contributed by atoms with Gasteiger partial charge in [0.15, 0.2) is 12.6 Å². The molecule has 54 heavy (non-hydrogen) atoms. The molecule has 0 amide bonds. The summed E-state index contributed by atoms with van der Waals surface area (Å²) in [6, 6.07) is 0. The summed E-state index contributed by atoms with van der Waals surface area (Å²) < 4.78 is 31.3. The second kappa shape index (κ2) is 12.9. The molecule has 2 bridgehead atoms. The van der Waals surface area contributed by atoms with Crippen LogP contribution in [0.3, 0.4) is 0 Å². The fourth-order valence-corrected chi connectivity index (χ4v) is 14.3. The van der Waals surface area contributed by atoms with E-state index >= 15 is 0 Å². The smallest absolute Gasteiger partial charge is 0.187 e. The average Bonchev–Trinajstić information content (AvgIpc) is 3.38. The molecule has 5 aliphatic carbocycles. The molecule has 0 radical (unpaired) electrons.